The van der Waals surface area contributed by atoms with Crippen LogP contribution in [0.2, 0.25) is 0 Å². The third-order valence-electron chi connectivity index (χ3n) is 5.09. The minimum atomic E-state index is -0.961. The van der Waals surface area contributed by atoms with E-state index < -0.39 is 11.9 Å². The van der Waals surface area contributed by atoms with Gasteiger partial charge in [0.15, 0.2) is 0 Å². The molecule has 19 heavy (non-hydrogen) atoms. The summed E-state index contributed by atoms with van der Waals surface area (Å²) < 4.78 is 12.2. The van der Waals surface area contributed by atoms with Gasteiger partial charge in [0.05, 0.1) is 12.2 Å². The molecule has 3 aliphatic rings. The van der Waals surface area contributed by atoms with Crippen LogP contribution in [-0.4, -0.2) is 35.5 Å². The number of rotatable bonds is 2. The molecule has 4 heteroatoms. The summed E-state index contributed by atoms with van der Waals surface area (Å²) in [7, 11) is 0. The normalized spacial score (nSPS) is 48.9. The second kappa shape index (κ2) is 4.14. The number of fused-ring (bicyclic) bond motifs is 1. The van der Waals surface area contributed by atoms with Crippen LogP contribution >= 0.6 is 0 Å². The van der Waals surface area contributed by atoms with Crippen LogP contribution in [-0.2, 0) is 14.3 Å². The summed E-state index contributed by atoms with van der Waals surface area (Å²) >= 11 is 0. The van der Waals surface area contributed by atoms with Crippen LogP contribution in [0.3, 0.4) is 0 Å². The Labute approximate surface area is 113 Å². The highest BCUT2D eigenvalue weighted by Gasteiger charge is 2.66. The molecule has 0 aromatic heterocycles. The van der Waals surface area contributed by atoms with E-state index in [9.17, 15) is 9.90 Å². The van der Waals surface area contributed by atoms with Crippen molar-refractivity contribution >= 4 is 6.29 Å². The van der Waals surface area contributed by atoms with E-state index in [0.29, 0.717) is 11.5 Å². The van der Waals surface area contributed by atoms with Crippen molar-refractivity contribution in [3.63, 3.8) is 0 Å². The quantitative estimate of drug-likeness (QED) is 0.774. The first-order valence-corrected chi connectivity index (χ1v) is 7.12. The van der Waals surface area contributed by atoms with Crippen molar-refractivity contribution in [1.29, 1.82) is 0 Å². The third-order valence-corrected chi connectivity index (χ3v) is 5.09. The second-order valence-electron chi connectivity index (χ2n) is 6.71. The SMILES string of the molecule is CC(C)[C@H]1CC[C@]2(C)C[C@@H]3O[C@@]2(O1)[C@@H](O)C=C3C=O. The molecule has 1 spiro atoms. The number of hydrogen-bond acceptors (Lipinski definition) is 4. The van der Waals surface area contributed by atoms with Gasteiger partial charge in [0.2, 0.25) is 5.79 Å². The molecule has 0 saturated carbocycles. The molecule has 3 heterocycles. The maximum Gasteiger partial charge on any atom is 0.204 e. The second-order valence-corrected chi connectivity index (χ2v) is 6.71. The molecule has 0 amide bonds. The average molecular weight is 266 g/mol. The van der Waals surface area contributed by atoms with Crippen LogP contribution in [0.25, 0.3) is 0 Å². The maximum absolute atomic E-state index is 11.1. The Morgan fingerprint density at radius 3 is 2.84 bits per heavy atom. The van der Waals surface area contributed by atoms with Gasteiger partial charge in [-0.15, -0.1) is 0 Å². The number of aliphatic hydroxyl groups is 1. The van der Waals surface area contributed by atoms with Crippen LogP contribution in [0.5, 0.6) is 0 Å². The van der Waals surface area contributed by atoms with Crippen LogP contribution in [0.15, 0.2) is 11.6 Å². The summed E-state index contributed by atoms with van der Waals surface area (Å²) in [5.41, 5.74) is 0.336. The lowest BCUT2D eigenvalue weighted by molar-refractivity contribution is -0.343. The molecule has 5 atom stereocenters. The molecule has 2 fully saturated rings. The lowest BCUT2D eigenvalue weighted by atomic mass is 9.71. The smallest absolute Gasteiger partial charge is 0.204 e. The van der Waals surface area contributed by atoms with E-state index in [4.69, 9.17) is 9.47 Å². The Hall–Kier alpha value is -0.710. The molecule has 0 unspecified atom stereocenters. The molecule has 106 valence electrons. The first-order chi connectivity index (χ1) is 8.92. The lowest BCUT2D eigenvalue weighted by Gasteiger charge is -2.51. The first kappa shape index (κ1) is 13.3. The van der Waals surface area contributed by atoms with Gasteiger partial charge in [-0.2, -0.15) is 0 Å². The molecule has 2 bridgehead atoms. The van der Waals surface area contributed by atoms with Gasteiger partial charge in [-0.05, 0) is 31.3 Å². The Morgan fingerprint density at radius 2 is 2.21 bits per heavy atom. The zero-order valence-corrected chi connectivity index (χ0v) is 11.8. The van der Waals surface area contributed by atoms with Crippen molar-refractivity contribution in [3.05, 3.63) is 11.6 Å². The Bertz CT molecular complexity index is 430. The number of carbonyl (C=O) groups is 1. The van der Waals surface area contributed by atoms with Crippen molar-refractivity contribution in [2.24, 2.45) is 11.3 Å². The summed E-state index contributed by atoms with van der Waals surface area (Å²) in [6, 6.07) is 0. The minimum Gasteiger partial charge on any atom is -0.383 e. The van der Waals surface area contributed by atoms with Crippen LogP contribution in [0, 0.1) is 11.3 Å². The number of hydrogen-bond donors (Lipinski definition) is 1. The highest BCUT2D eigenvalue weighted by molar-refractivity contribution is 5.75. The fourth-order valence-electron chi connectivity index (χ4n) is 3.80. The van der Waals surface area contributed by atoms with Crippen LogP contribution in [0.1, 0.15) is 40.0 Å². The molecule has 4 nitrogen and oxygen atoms in total. The number of carbonyl (C=O) groups excluding carboxylic acids is 1. The molecular formula is C15H22O4. The molecule has 0 radical (unpaired) electrons. The fourth-order valence-corrected chi connectivity index (χ4v) is 3.80. The van der Waals surface area contributed by atoms with Gasteiger partial charge in [-0.1, -0.05) is 20.8 Å². The maximum atomic E-state index is 11.1. The summed E-state index contributed by atoms with van der Waals surface area (Å²) in [4.78, 5) is 11.1. The zero-order valence-electron chi connectivity index (χ0n) is 11.8. The van der Waals surface area contributed by atoms with Crippen molar-refractivity contribution in [3.8, 4) is 0 Å². The highest BCUT2D eigenvalue weighted by atomic mass is 16.7. The van der Waals surface area contributed by atoms with E-state index in [-0.39, 0.29) is 17.6 Å². The minimum absolute atomic E-state index is 0.104. The molecule has 3 aliphatic heterocycles. The fraction of sp³-hybridized carbons (Fsp3) is 0.800. The first-order valence-electron chi connectivity index (χ1n) is 7.12. The average Bonchev–Trinajstić information content (AvgIpc) is 2.63. The summed E-state index contributed by atoms with van der Waals surface area (Å²) in [5, 5.41) is 10.5. The topological polar surface area (TPSA) is 55.8 Å². The summed E-state index contributed by atoms with van der Waals surface area (Å²) in [5.74, 6) is -0.567. The number of aliphatic hydroxyl groups excluding tert-OH is 1. The van der Waals surface area contributed by atoms with Crippen molar-refractivity contribution < 1.29 is 19.4 Å². The highest BCUT2D eigenvalue weighted by Crippen LogP contribution is 2.59. The van der Waals surface area contributed by atoms with E-state index in [1.165, 1.54) is 0 Å². The van der Waals surface area contributed by atoms with Gasteiger partial charge in [-0.25, -0.2) is 0 Å². The zero-order chi connectivity index (χ0) is 13.8. The van der Waals surface area contributed by atoms with Crippen molar-refractivity contribution in [2.45, 2.75) is 64.1 Å². The molecule has 1 N–H and O–H groups in total. The van der Waals surface area contributed by atoms with Gasteiger partial charge in [0, 0.05) is 11.0 Å². The van der Waals surface area contributed by atoms with Crippen molar-refractivity contribution in [2.75, 3.05) is 0 Å². The summed E-state index contributed by atoms with van der Waals surface area (Å²) in [6.45, 7) is 6.35. The van der Waals surface area contributed by atoms with E-state index in [2.05, 4.69) is 20.8 Å². The monoisotopic (exact) mass is 266 g/mol. The van der Waals surface area contributed by atoms with Gasteiger partial charge < -0.3 is 14.6 Å². The Morgan fingerprint density at radius 1 is 1.47 bits per heavy atom. The van der Waals surface area contributed by atoms with E-state index in [0.717, 1.165) is 25.5 Å². The number of ether oxygens (including phenoxy) is 2. The number of aldehydes is 1. The Balaban J connectivity index is 1.99. The predicted molar refractivity (Wildman–Crippen MR) is 69.4 cm³/mol. The molecular weight excluding hydrogens is 244 g/mol. The van der Waals surface area contributed by atoms with Gasteiger partial charge in [-0.3, -0.25) is 4.79 Å². The van der Waals surface area contributed by atoms with Crippen LogP contribution < -0.4 is 0 Å². The summed E-state index contributed by atoms with van der Waals surface area (Å²) in [6.07, 6.45) is 4.12. The lowest BCUT2D eigenvalue weighted by Crippen LogP contribution is -2.60. The third kappa shape index (κ3) is 1.66. The molecule has 0 aromatic rings. The van der Waals surface area contributed by atoms with E-state index in [1.54, 1.807) is 6.08 Å². The standard InChI is InChI=1S/C15H22O4/c1-9(2)11-4-5-14(3)7-12-10(8-16)6-13(17)15(14,18-11)19-12/h6,8-9,11-13,17H,4-5,7H2,1-3H3/t11-,12+,13+,14-,15+/m1/s1. The predicted octanol–water partition coefficient (Wildman–Crippen LogP) is 1.81. The molecule has 0 aromatic carbocycles. The molecule has 3 rings (SSSR count). The Kier molecular flexibility index (Phi) is 2.89. The van der Waals surface area contributed by atoms with Crippen molar-refractivity contribution in [1.82, 2.24) is 0 Å². The van der Waals surface area contributed by atoms with Crippen LogP contribution in [0.4, 0.5) is 0 Å². The van der Waals surface area contributed by atoms with E-state index >= 15 is 0 Å². The van der Waals surface area contributed by atoms with E-state index in [1.807, 2.05) is 0 Å². The molecule has 2 saturated heterocycles. The molecule has 0 aliphatic carbocycles. The van der Waals surface area contributed by atoms with Gasteiger partial charge in [0.25, 0.3) is 0 Å². The van der Waals surface area contributed by atoms with Gasteiger partial charge >= 0.3 is 0 Å². The van der Waals surface area contributed by atoms with Gasteiger partial charge in [0.1, 0.15) is 12.4 Å². The largest absolute Gasteiger partial charge is 0.383 e.